The van der Waals surface area contributed by atoms with Crippen molar-refractivity contribution in [3.8, 4) is 0 Å². The molecule has 4 heteroatoms. The van der Waals surface area contributed by atoms with E-state index >= 15 is 0 Å². The average Bonchev–Trinajstić information content (AvgIpc) is 2.50. The monoisotopic (exact) mass is 243 g/mol. The molecule has 0 bridgehead atoms. The van der Waals surface area contributed by atoms with Gasteiger partial charge in [-0.15, -0.1) is 0 Å². The molecular formula is C13H29N3O. The molecular weight excluding hydrogens is 214 g/mol. The Bertz CT molecular complexity index is 188. The van der Waals surface area contributed by atoms with Crippen LogP contribution in [0.3, 0.4) is 0 Å². The second kappa shape index (κ2) is 8.86. The Morgan fingerprint density at radius 3 is 2.47 bits per heavy atom. The van der Waals surface area contributed by atoms with Crippen molar-refractivity contribution in [2.24, 2.45) is 5.73 Å². The SMILES string of the molecule is CC(O)CN1CCCN(CCCCCN)CC1. The Balaban J connectivity index is 2.14. The second-order valence-electron chi connectivity index (χ2n) is 5.19. The van der Waals surface area contributed by atoms with Crippen LogP contribution in [-0.4, -0.2) is 66.8 Å². The van der Waals surface area contributed by atoms with Gasteiger partial charge in [-0.3, -0.25) is 4.90 Å². The third-order valence-electron chi connectivity index (χ3n) is 3.38. The molecule has 1 unspecified atom stereocenters. The highest BCUT2D eigenvalue weighted by atomic mass is 16.3. The molecule has 102 valence electrons. The summed E-state index contributed by atoms with van der Waals surface area (Å²) in [5, 5.41) is 9.40. The fourth-order valence-corrected chi connectivity index (χ4v) is 2.46. The van der Waals surface area contributed by atoms with Gasteiger partial charge in [0.2, 0.25) is 0 Å². The standard InChI is InChI=1S/C13H29N3O/c1-13(17)12-16-9-5-8-15(10-11-16)7-4-2-3-6-14/h13,17H,2-12,14H2,1H3. The fraction of sp³-hybridized carbons (Fsp3) is 1.00. The number of nitrogens with two attached hydrogens (primary N) is 1. The van der Waals surface area contributed by atoms with Gasteiger partial charge in [0.05, 0.1) is 6.10 Å². The van der Waals surface area contributed by atoms with Gasteiger partial charge in [0.1, 0.15) is 0 Å². The van der Waals surface area contributed by atoms with Gasteiger partial charge >= 0.3 is 0 Å². The molecule has 0 radical (unpaired) electrons. The zero-order valence-electron chi connectivity index (χ0n) is 11.3. The first kappa shape index (κ1) is 14.9. The second-order valence-corrected chi connectivity index (χ2v) is 5.19. The van der Waals surface area contributed by atoms with Gasteiger partial charge in [0.25, 0.3) is 0 Å². The number of hydrogen-bond acceptors (Lipinski definition) is 4. The lowest BCUT2D eigenvalue weighted by atomic mass is 10.2. The molecule has 4 nitrogen and oxygen atoms in total. The van der Waals surface area contributed by atoms with E-state index in [0.29, 0.717) is 0 Å². The normalized spacial score (nSPS) is 21.4. The third-order valence-corrected chi connectivity index (χ3v) is 3.38. The first-order valence-corrected chi connectivity index (χ1v) is 7.05. The number of hydrogen-bond donors (Lipinski definition) is 2. The van der Waals surface area contributed by atoms with Crippen LogP contribution in [0.25, 0.3) is 0 Å². The van der Waals surface area contributed by atoms with Crippen molar-refractivity contribution >= 4 is 0 Å². The molecule has 3 N–H and O–H groups in total. The summed E-state index contributed by atoms with van der Waals surface area (Å²) in [5.41, 5.74) is 5.49. The molecule has 1 heterocycles. The first-order valence-electron chi connectivity index (χ1n) is 7.05. The van der Waals surface area contributed by atoms with E-state index in [0.717, 1.165) is 39.1 Å². The summed E-state index contributed by atoms with van der Waals surface area (Å²) in [6, 6.07) is 0. The largest absolute Gasteiger partial charge is 0.392 e. The summed E-state index contributed by atoms with van der Waals surface area (Å²) in [5.74, 6) is 0. The van der Waals surface area contributed by atoms with Crippen LogP contribution in [0.1, 0.15) is 32.6 Å². The minimum Gasteiger partial charge on any atom is -0.392 e. The van der Waals surface area contributed by atoms with E-state index in [-0.39, 0.29) is 6.10 Å². The highest BCUT2D eigenvalue weighted by Crippen LogP contribution is 2.06. The lowest BCUT2D eigenvalue weighted by Crippen LogP contribution is -2.35. The average molecular weight is 243 g/mol. The maximum absolute atomic E-state index is 9.40. The molecule has 1 rings (SSSR count). The Kier molecular flexibility index (Phi) is 7.77. The minimum atomic E-state index is -0.203. The van der Waals surface area contributed by atoms with E-state index < -0.39 is 0 Å². The minimum absolute atomic E-state index is 0.203. The van der Waals surface area contributed by atoms with Crippen molar-refractivity contribution in [3.05, 3.63) is 0 Å². The van der Waals surface area contributed by atoms with Crippen LogP contribution in [0.15, 0.2) is 0 Å². The van der Waals surface area contributed by atoms with Crippen LogP contribution in [0.4, 0.5) is 0 Å². The Labute approximate surface area is 106 Å². The van der Waals surface area contributed by atoms with Gasteiger partial charge in [-0.1, -0.05) is 6.42 Å². The van der Waals surface area contributed by atoms with Crippen molar-refractivity contribution in [1.29, 1.82) is 0 Å². The van der Waals surface area contributed by atoms with Crippen molar-refractivity contribution in [2.45, 2.75) is 38.7 Å². The molecule has 1 saturated heterocycles. The summed E-state index contributed by atoms with van der Waals surface area (Å²) >= 11 is 0. The van der Waals surface area contributed by atoms with Crippen LogP contribution in [0, 0.1) is 0 Å². The van der Waals surface area contributed by atoms with Crippen LogP contribution in [0.5, 0.6) is 0 Å². The van der Waals surface area contributed by atoms with Gasteiger partial charge in [-0.25, -0.2) is 0 Å². The number of β-amino-alcohol motifs (C(OH)–C–C–N with tert-alkyl or cyclic N) is 1. The predicted octanol–water partition coefficient (Wildman–Crippen LogP) is 0.504. The molecule has 0 aromatic heterocycles. The fourth-order valence-electron chi connectivity index (χ4n) is 2.46. The van der Waals surface area contributed by atoms with Gasteiger partial charge in [0.15, 0.2) is 0 Å². The number of aliphatic hydroxyl groups is 1. The zero-order chi connectivity index (χ0) is 12.5. The third kappa shape index (κ3) is 6.99. The van der Waals surface area contributed by atoms with E-state index in [1.54, 1.807) is 0 Å². The quantitative estimate of drug-likeness (QED) is 0.640. The number of aliphatic hydroxyl groups excluding tert-OH is 1. The summed E-state index contributed by atoms with van der Waals surface area (Å²) < 4.78 is 0. The van der Waals surface area contributed by atoms with E-state index in [1.807, 2.05) is 6.92 Å². The lowest BCUT2D eigenvalue weighted by molar-refractivity contribution is 0.128. The highest BCUT2D eigenvalue weighted by Gasteiger charge is 2.15. The van der Waals surface area contributed by atoms with Gasteiger partial charge in [-0.2, -0.15) is 0 Å². The summed E-state index contributed by atoms with van der Waals surface area (Å²) in [6.07, 6.45) is 4.70. The van der Waals surface area contributed by atoms with Crippen molar-refractivity contribution in [2.75, 3.05) is 45.8 Å². The Hall–Kier alpha value is -0.160. The van der Waals surface area contributed by atoms with E-state index in [9.17, 15) is 5.11 Å². The molecule has 1 atom stereocenters. The molecule has 1 fully saturated rings. The van der Waals surface area contributed by atoms with Crippen LogP contribution in [-0.2, 0) is 0 Å². The molecule has 0 amide bonds. The van der Waals surface area contributed by atoms with Gasteiger partial charge < -0.3 is 15.7 Å². The van der Waals surface area contributed by atoms with Crippen molar-refractivity contribution in [1.82, 2.24) is 9.80 Å². The predicted molar refractivity (Wildman–Crippen MR) is 72.1 cm³/mol. The number of unbranched alkanes of at least 4 members (excludes halogenated alkanes) is 2. The smallest absolute Gasteiger partial charge is 0.0639 e. The molecule has 0 aliphatic carbocycles. The number of rotatable bonds is 7. The first-order chi connectivity index (χ1) is 8.22. The van der Waals surface area contributed by atoms with Gasteiger partial charge in [-0.05, 0) is 52.4 Å². The molecule has 1 aliphatic rings. The number of nitrogens with zero attached hydrogens (tertiary/aromatic N) is 2. The van der Waals surface area contributed by atoms with Gasteiger partial charge in [0, 0.05) is 19.6 Å². The molecule has 0 spiro atoms. The lowest BCUT2D eigenvalue weighted by Gasteiger charge is -2.22. The molecule has 0 aromatic rings. The van der Waals surface area contributed by atoms with Crippen molar-refractivity contribution in [3.63, 3.8) is 0 Å². The molecule has 0 saturated carbocycles. The summed E-state index contributed by atoms with van der Waals surface area (Å²) in [6.45, 7) is 9.31. The van der Waals surface area contributed by atoms with Crippen LogP contribution >= 0.6 is 0 Å². The maximum atomic E-state index is 9.40. The molecule has 1 aliphatic heterocycles. The highest BCUT2D eigenvalue weighted by molar-refractivity contribution is 4.71. The van der Waals surface area contributed by atoms with E-state index in [4.69, 9.17) is 5.73 Å². The maximum Gasteiger partial charge on any atom is 0.0639 e. The van der Waals surface area contributed by atoms with Crippen LogP contribution < -0.4 is 5.73 Å². The Morgan fingerprint density at radius 2 is 1.76 bits per heavy atom. The molecule has 0 aromatic carbocycles. The van der Waals surface area contributed by atoms with Crippen LogP contribution in [0.2, 0.25) is 0 Å². The van der Waals surface area contributed by atoms with E-state index in [1.165, 1.54) is 32.4 Å². The summed E-state index contributed by atoms with van der Waals surface area (Å²) in [4.78, 5) is 4.93. The van der Waals surface area contributed by atoms with E-state index in [2.05, 4.69) is 9.80 Å². The summed E-state index contributed by atoms with van der Waals surface area (Å²) in [7, 11) is 0. The topological polar surface area (TPSA) is 52.7 Å². The molecule has 17 heavy (non-hydrogen) atoms. The zero-order valence-corrected chi connectivity index (χ0v) is 11.3. The Morgan fingerprint density at radius 1 is 1.06 bits per heavy atom. The van der Waals surface area contributed by atoms with Crippen molar-refractivity contribution < 1.29 is 5.11 Å².